The van der Waals surface area contributed by atoms with Crippen molar-refractivity contribution in [1.82, 2.24) is 20.8 Å². The third-order valence-electron chi connectivity index (χ3n) is 5.68. The predicted molar refractivity (Wildman–Crippen MR) is 118 cm³/mol. The van der Waals surface area contributed by atoms with Crippen molar-refractivity contribution in [3.63, 3.8) is 0 Å². The van der Waals surface area contributed by atoms with Crippen LogP contribution in [0.3, 0.4) is 0 Å². The Kier molecular flexibility index (Phi) is 6.91. The van der Waals surface area contributed by atoms with Gasteiger partial charge in [-0.3, -0.25) is 9.59 Å². The molecule has 2 aromatic carbocycles. The topological polar surface area (TPSA) is 106 Å². The molecule has 166 valence electrons. The summed E-state index contributed by atoms with van der Waals surface area (Å²) in [4.78, 5) is 30.1. The van der Waals surface area contributed by atoms with Crippen molar-refractivity contribution < 1.29 is 18.8 Å². The molecule has 1 aromatic heterocycles. The zero-order chi connectivity index (χ0) is 22.3. The lowest BCUT2D eigenvalue weighted by molar-refractivity contribution is -0.125. The summed E-state index contributed by atoms with van der Waals surface area (Å²) >= 11 is 0. The number of benzene rings is 2. The van der Waals surface area contributed by atoms with Gasteiger partial charge >= 0.3 is 0 Å². The summed E-state index contributed by atoms with van der Waals surface area (Å²) in [6.07, 6.45) is 1.00. The summed E-state index contributed by atoms with van der Waals surface area (Å²) in [5.41, 5.74) is 1.41. The first-order chi connectivity index (χ1) is 15.7. The quantitative estimate of drug-likeness (QED) is 0.528. The molecule has 1 fully saturated rings. The van der Waals surface area contributed by atoms with Crippen molar-refractivity contribution in [3.05, 3.63) is 72.1 Å². The molecule has 3 atom stereocenters. The first-order valence-corrected chi connectivity index (χ1v) is 10.7. The first-order valence-electron chi connectivity index (χ1n) is 10.7. The molecule has 8 nitrogen and oxygen atoms in total. The van der Waals surface area contributed by atoms with Gasteiger partial charge in [-0.1, -0.05) is 53.7 Å². The summed E-state index contributed by atoms with van der Waals surface area (Å²) in [5.74, 6) is 0.127. The maximum absolute atomic E-state index is 12.8. The number of carbonyl (C=O) groups is 2. The Morgan fingerprint density at radius 2 is 1.78 bits per heavy atom. The highest BCUT2D eigenvalue weighted by Gasteiger charge is 2.42. The van der Waals surface area contributed by atoms with Gasteiger partial charge in [0.05, 0.1) is 12.5 Å². The van der Waals surface area contributed by atoms with Crippen LogP contribution in [-0.2, 0) is 9.53 Å². The second kappa shape index (κ2) is 10.2. The molecular formula is C24H26N4O4. The fourth-order valence-corrected chi connectivity index (χ4v) is 4.04. The third kappa shape index (κ3) is 5.03. The van der Waals surface area contributed by atoms with Crippen LogP contribution in [0, 0.1) is 5.92 Å². The smallest absolute Gasteiger partial charge is 0.251 e. The number of hydrogen-bond acceptors (Lipinski definition) is 6. The molecular weight excluding hydrogens is 408 g/mol. The highest BCUT2D eigenvalue weighted by Crippen LogP contribution is 2.39. The van der Waals surface area contributed by atoms with Gasteiger partial charge in [0.15, 0.2) is 0 Å². The molecule has 1 aliphatic rings. The minimum absolute atomic E-state index is 0.0636. The predicted octanol–water partition coefficient (Wildman–Crippen LogP) is 2.79. The fraction of sp³-hybridized carbons (Fsp3) is 0.333. The van der Waals surface area contributed by atoms with E-state index in [1.807, 2.05) is 48.5 Å². The SMILES string of the molecule is COCCNC(=O)[C@H]1C[C@H](NC(=O)c2ccccc2)[C@H](c2nc(-c3ccccc3)no2)C1. The summed E-state index contributed by atoms with van der Waals surface area (Å²) in [6.45, 7) is 0.885. The van der Waals surface area contributed by atoms with Crippen molar-refractivity contribution >= 4 is 11.8 Å². The second-order valence-corrected chi connectivity index (χ2v) is 7.83. The van der Waals surface area contributed by atoms with Crippen LogP contribution >= 0.6 is 0 Å². The minimum Gasteiger partial charge on any atom is -0.383 e. The van der Waals surface area contributed by atoms with Gasteiger partial charge < -0.3 is 19.9 Å². The third-order valence-corrected chi connectivity index (χ3v) is 5.68. The normalized spacial score (nSPS) is 20.1. The van der Waals surface area contributed by atoms with Crippen LogP contribution in [-0.4, -0.2) is 48.3 Å². The average Bonchev–Trinajstić information content (AvgIpc) is 3.48. The van der Waals surface area contributed by atoms with E-state index in [0.29, 0.717) is 43.3 Å². The van der Waals surface area contributed by atoms with E-state index < -0.39 is 0 Å². The van der Waals surface area contributed by atoms with Gasteiger partial charge in [-0.05, 0) is 25.0 Å². The lowest BCUT2D eigenvalue weighted by Gasteiger charge is -2.18. The molecule has 1 aliphatic carbocycles. The van der Waals surface area contributed by atoms with E-state index in [-0.39, 0.29) is 29.7 Å². The number of nitrogens with one attached hydrogen (secondary N) is 2. The van der Waals surface area contributed by atoms with E-state index in [4.69, 9.17) is 9.26 Å². The van der Waals surface area contributed by atoms with Gasteiger partial charge in [-0.25, -0.2) is 0 Å². The highest BCUT2D eigenvalue weighted by molar-refractivity contribution is 5.94. The van der Waals surface area contributed by atoms with Gasteiger partial charge in [-0.2, -0.15) is 4.98 Å². The molecule has 0 unspecified atom stereocenters. The Balaban J connectivity index is 1.53. The van der Waals surface area contributed by atoms with Gasteiger partial charge in [0.1, 0.15) is 0 Å². The molecule has 2 N–H and O–H groups in total. The van der Waals surface area contributed by atoms with Crippen LogP contribution in [0.4, 0.5) is 0 Å². The molecule has 1 heterocycles. The van der Waals surface area contributed by atoms with Gasteiger partial charge in [0.2, 0.25) is 17.6 Å². The largest absolute Gasteiger partial charge is 0.383 e. The maximum Gasteiger partial charge on any atom is 0.251 e. The lowest BCUT2D eigenvalue weighted by atomic mass is 10.0. The van der Waals surface area contributed by atoms with Crippen LogP contribution < -0.4 is 10.6 Å². The molecule has 0 aliphatic heterocycles. The van der Waals surface area contributed by atoms with E-state index >= 15 is 0 Å². The standard InChI is InChI=1S/C24H26N4O4/c1-31-13-12-25-22(29)18-14-19(20(15-18)26-23(30)17-10-6-3-7-11-17)24-27-21(28-32-24)16-8-4-2-5-9-16/h2-11,18-20H,12-15H2,1H3,(H,25,29)(H,26,30)/t18-,19-,20+/m1/s1. The Bertz CT molecular complexity index is 1040. The zero-order valence-corrected chi connectivity index (χ0v) is 17.9. The molecule has 3 aromatic rings. The number of aromatic nitrogens is 2. The van der Waals surface area contributed by atoms with Gasteiger partial charge in [0, 0.05) is 36.7 Å². The number of carbonyl (C=O) groups excluding carboxylic acids is 2. The number of rotatable bonds is 8. The molecule has 0 saturated heterocycles. The van der Waals surface area contributed by atoms with Crippen molar-refractivity contribution in [2.75, 3.05) is 20.3 Å². The molecule has 0 spiro atoms. The Labute approximate surface area is 186 Å². The van der Waals surface area contributed by atoms with Crippen molar-refractivity contribution in [2.24, 2.45) is 5.92 Å². The van der Waals surface area contributed by atoms with Crippen molar-refractivity contribution in [1.29, 1.82) is 0 Å². The monoisotopic (exact) mass is 434 g/mol. The molecule has 0 bridgehead atoms. The fourth-order valence-electron chi connectivity index (χ4n) is 4.04. The summed E-state index contributed by atoms with van der Waals surface area (Å²) in [6, 6.07) is 18.3. The van der Waals surface area contributed by atoms with E-state index in [1.54, 1.807) is 19.2 Å². The molecule has 4 rings (SSSR count). The van der Waals surface area contributed by atoms with Crippen molar-refractivity contribution in [3.8, 4) is 11.4 Å². The molecule has 0 radical (unpaired) electrons. The van der Waals surface area contributed by atoms with Crippen LogP contribution in [0.1, 0.15) is 35.0 Å². The summed E-state index contributed by atoms with van der Waals surface area (Å²) < 4.78 is 10.6. The maximum atomic E-state index is 12.8. The van der Waals surface area contributed by atoms with Crippen LogP contribution in [0.5, 0.6) is 0 Å². The van der Waals surface area contributed by atoms with E-state index in [2.05, 4.69) is 20.8 Å². The van der Waals surface area contributed by atoms with Gasteiger partial charge in [-0.15, -0.1) is 0 Å². The Morgan fingerprint density at radius 1 is 1.06 bits per heavy atom. The van der Waals surface area contributed by atoms with E-state index in [0.717, 1.165) is 5.56 Å². The van der Waals surface area contributed by atoms with Crippen LogP contribution in [0.2, 0.25) is 0 Å². The van der Waals surface area contributed by atoms with Gasteiger partial charge in [0.25, 0.3) is 5.91 Å². The average molecular weight is 434 g/mol. The molecule has 8 heteroatoms. The lowest BCUT2D eigenvalue weighted by Crippen LogP contribution is -2.37. The highest BCUT2D eigenvalue weighted by atomic mass is 16.5. The number of hydrogen-bond donors (Lipinski definition) is 2. The van der Waals surface area contributed by atoms with Crippen molar-refractivity contribution in [2.45, 2.75) is 24.8 Å². The minimum atomic E-state index is -0.301. The van der Waals surface area contributed by atoms with E-state index in [9.17, 15) is 9.59 Å². The molecule has 2 amide bonds. The number of methoxy groups -OCH3 is 1. The number of amides is 2. The number of ether oxygens (including phenoxy) is 1. The molecule has 32 heavy (non-hydrogen) atoms. The molecule has 1 saturated carbocycles. The summed E-state index contributed by atoms with van der Waals surface area (Å²) in [7, 11) is 1.59. The Hall–Kier alpha value is -3.52. The summed E-state index contributed by atoms with van der Waals surface area (Å²) in [5, 5.41) is 10.1. The number of nitrogens with zero attached hydrogens (tertiary/aromatic N) is 2. The zero-order valence-electron chi connectivity index (χ0n) is 17.9. The van der Waals surface area contributed by atoms with E-state index in [1.165, 1.54) is 0 Å². The second-order valence-electron chi connectivity index (χ2n) is 7.83. The first kappa shape index (κ1) is 21.7. The Morgan fingerprint density at radius 3 is 2.50 bits per heavy atom. The van der Waals surface area contributed by atoms with Crippen LogP contribution in [0.15, 0.2) is 65.2 Å². The van der Waals surface area contributed by atoms with Crippen LogP contribution in [0.25, 0.3) is 11.4 Å².